The highest BCUT2D eigenvalue weighted by Gasteiger charge is 2.08. The van der Waals surface area contributed by atoms with Crippen molar-refractivity contribution in [1.29, 1.82) is 0 Å². The molecule has 0 unspecified atom stereocenters. The van der Waals surface area contributed by atoms with Gasteiger partial charge < -0.3 is 16.2 Å². The molecule has 0 atom stereocenters. The molecule has 2 rings (SSSR count). The Morgan fingerprint density at radius 3 is 2.36 bits per heavy atom. The van der Waals surface area contributed by atoms with E-state index in [2.05, 4.69) is 22.3 Å². The monoisotopic (exact) mass is 341 g/mol. The molecule has 0 bridgehead atoms. The molecule has 0 saturated carbocycles. The number of rotatable bonds is 10. The van der Waals surface area contributed by atoms with Gasteiger partial charge in [0.05, 0.1) is 6.61 Å². The number of benzene rings is 2. The van der Waals surface area contributed by atoms with Crippen LogP contribution in [-0.2, 0) is 17.9 Å². The van der Waals surface area contributed by atoms with Crippen LogP contribution in [0.4, 0.5) is 5.69 Å². The molecule has 0 aliphatic heterocycles. The zero-order chi connectivity index (χ0) is 17.9. The van der Waals surface area contributed by atoms with Crippen molar-refractivity contribution >= 4 is 11.6 Å². The van der Waals surface area contributed by atoms with Crippen LogP contribution in [-0.4, -0.2) is 35.6 Å². The summed E-state index contributed by atoms with van der Waals surface area (Å²) in [6.07, 6.45) is 1.20. The molecule has 0 heterocycles. The van der Waals surface area contributed by atoms with Crippen LogP contribution >= 0.6 is 0 Å². The quantitative estimate of drug-likeness (QED) is 0.620. The van der Waals surface area contributed by atoms with Gasteiger partial charge in [0, 0.05) is 31.7 Å². The standard InChI is InChI=1S/C20H27N3O2/c21-15-17-8-10-19(11-9-17)22-20(25)7-4-12-23(13-14-24)16-18-5-2-1-3-6-18/h1-3,5-6,8-11,24H,4,7,12-16,21H2,(H,22,25). The van der Waals surface area contributed by atoms with Gasteiger partial charge in [-0.2, -0.15) is 0 Å². The summed E-state index contributed by atoms with van der Waals surface area (Å²) in [5.41, 5.74) is 8.60. The van der Waals surface area contributed by atoms with Crippen molar-refractivity contribution in [2.45, 2.75) is 25.9 Å². The Kier molecular flexibility index (Phi) is 8.12. The summed E-state index contributed by atoms with van der Waals surface area (Å²) >= 11 is 0. The number of nitrogens with one attached hydrogen (secondary N) is 1. The lowest BCUT2D eigenvalue weighted by atomic mass is 10.2. The number of amides is 1. The molecule has 4 N–H and O–H groups in total. The minimum absolute atomic E-state index is 0.00385. The number of aliphatic hydroxyl groups is 1. The van der Waals surface area contributed by atoms with E-state index in [4.69, 9.17) is 5.73 Å². The second kappa shape index (κ2) is 10.6. The minimum atomic E-state index is 0.00385. The number of hydrogen-bond donors (Lipinski definition) is 3. The highest BCUT2D eigenvalue weighted by atomic mass is 16.3. The van der Waals surface area contributed by atoms with Crippen molar-refractivity contribution in [3.05, 3.63) is 65.7 Å². The van der Waals surface area contributed by atoms with E-state index in [0.717, 1.165) is 30.8 Å². The molecule has 0 aromatic heterocycles. The average molecular weight is 341 g/mol. The van der Waals surface area contributed by atoms with Crippen molar-refractivity contribution in [2.75, 3.05) is 25.0 Å². The molecule has 5 heteroatoms. The zero-order valence-corrected chi connectivity index (χ0v) is 14.5. The number of nitrogens with zero attached hydrogens (tertiary/aromatic N) is 1. The molecule has 1 amide bonds. The molecule has 2 aromatic carbocycles. The first-order valence-electron chi connectivity index (χ1n) is 8.67. The lowest BCUT2D eigenvalue weighted by molar-refractivity contribution is -0.116. The van der Waals surface area contributed by atoms with Crippen LogP contribution in [0.15, 0.2) is 54.6 Å². The van der Waals surface area contributed by atoms with Gasteiger partial charge >= 0.3 is 0 Å². The molecule has 5 nitrogen and oxygen atoms in total. The van der Waals surface area contributed by atoms with Crippen LogP contribution in [0.5, 0.6) is 0 Å². The first-order chi connectivity index (χ1) is 12.2. The highest BCUT2D eigenvalue weighted by molar-refractivity contribution is 5.90. The van der Waals surface area contributed by atoms with Crippen LogP contribution in [0, 0.1) is 0 Å². The smallest absolute Gasteiger partial charge is 0.224 e. The largest absolute Gasteiger partial charge is 0.395 e. The van der Waals surface area contributed by atoms with Crippen LogP contribution in [0.2, 0.25) is 0 Å². The molecule has 0 aliphatic carbocycles. The van der Waals surface area contributed by atoms with Gasteiger partial charge in [-0.15, -0.1) is 0 Å². The fraction of sp³-hybridized carbons (Fsp3) is 0.350. The van der Waals surface area contributed by atoms with Crippen LogP contribution < -0.4 is 11.1 Å². The van der Waals surface area contributed by atoms with Gasteiger partial charge in [-0.05, 0) is 36.2 Å². The number of aliphatic hydroxyl groups excluding tert-OH is 1. The molecule has 134 valence electrons. The maximum absolute atomic E-state index is 12.1. The van der Waals surface area contributed by atoms with Gasteiger partial charge in [-0.25, -0.2) is 0 Å². The molecule has 0 fully saturated rings. The summed E-state index contributed by atoms with van der Waals surface area (Å²) in [4.78, 5) is 14.2. The third-order valence-electron chi connectivity index (χ3n) is 4.02. The van der Waals surface area contributed by atoms with E-state index in [9.17, 15) is 9.90 Å². The van der Waals surface area contributed by atoms with Crippen molar-refractivity contribution in [3.8, 4) is 0 Å². The summed E-state index contributed by atoms with van der Waals surface area (Å²) in [5.74, 6) is 0.00385. The fourth-order valence-electron chi connectivity index (χ4n) is 2.66. The Hall–Kier alpha value is -2.21. The van der Waals surface area contributed by atoms with Gasteiger partial charge in [0.1, 0.15) is 0 Å². The van der Waals surface area contributed by atoms with E-state index in [0.29, 0.717) is 19.5 Å². The Bertz CT molecular complexity index is 629. The Morgan fingerprint density at radius 2 is 1.72 bits per heavy atom. The Morgan fingerprint density at radius 1 is 1.00 bits per heavy atom. The van der Waals surface area contributed by atoms with Crippen LogP contribution in [0.25, 0.3) is 0 Å². The van der Waals surface area contributed by atoms with Gasteiger partial charge in [0.25, 0.3) is 0 Å². The number of carbonyl (C=O) groups is 1. The Labute approximate surface area is 149 Å². The summed E-state index contributed by atoms with van der Waals surface area (Å²) < 4.78 is 0. The molecule has 0 spiro atoms. The van der Waals surface area contributed by atoms with E-state index in [-0.39, 0.29) is 12.5 Å². The summed E-state index contributed by atoms with van der Waals surface area (Å²) in [7, 11) is 0. The maximum Gasteiger partial charge on any atom is 0.224 e. The topological polar surface area (TPSA) is 78.6 Å². The second-order valence-electron chi connectivity index (χ2n) is 6.04. The summed E-state index contributed by atoms with van der Waals surface area (Å²) in [6, 6.07) is 17.7. The van der Waals surface area contributed by atoms with Gasteiger partial charge in [0.2, 0.25) is 5.91 Å². The molecule has 0 aliphatic rings. The predicted molar refractivity (Wildman–Crippen MR) is 101 cm³/mol. The number of nitrogens with two attached hydrogens (primary N) is 1. The van der Waals surface area contributed by atoms with E-state index < -0.39 is 0 Å². The fourth-order valence-corrected chi connectivity index (χ4v) is 2.66. The van der Waals surface area contributed by atoms with Crippen LogP contribution in [0.3, 0.4) is 0 Å². The van der Waals surface area contributed by atoms with E-state index in [1.165, 1.54) is 5.56 Å². The van der Waals surface area contributed by atoms with Crippen molar-refractivity contribution < 1.29 is 9.90 Å². The van der Waals surface area contributed by atoms with E-state index in [1.54, 1.807) is 0 Å². The second-order valence-corrected chi connectivity index (χ2v) is 6.04. The lowest BCUT2D eigenvalue weighted by Gasteiger charge is -2.21. The Balaban J connectivity index is 1.75. The minimum Gasteiger partial charge on any atom is -0.395 e. The third-order valence-corrected chi connectivity index (χ3v) is 4.02. The highest BCUT2D eigenvalue weighted by Crippen LogP contribution is 2.10. The van der Waals surface area contributed by atoms with Crippen LogP contribution in [0.1, 0.15) is 24.0 Å². The van der Waals surface area contributed by atoms with Crippen molar-refractivity contribution in [1.82, 2.24) is 4.90 Å². The number of anilines is 1. The zero-order valence-electron chi connectivity index (χ0n) is 14.5. The maximum atomic E-state index is 12.1. The van der Waals surface area contributed by atoms with E-state index in [1.807, 2.05) is 42.5 Å². The van der Waals surface area contributed by atoms with Crippen molar-refractivity contribution in [2.24, 2.45) is 5.73 Å². The first kappa shape index (κ1) is 19.1. The SMILES string of the molecule is NCc1ccc(NC(=O)CCCN(CCO)Cc2ccccc2)cc1. The average Bonchev–Trinajstić information content (AvgIpc) is 2.63. The number of hydrogen-bond acceptors (Lipinski definition) is 4. The van der Waals surface area contributed by atoms with Crippen molar-refractivity contribution in [3.63, 3.8) is 0 Å². The molecular formula is C20H27N3O2. The molecule has 25 heavy (non-hydrogen) atoms. The summed E-state index contributed by atoms with van der Waals surface area (Å²) in [6.45, 7) is 2.78. The van der Waals surface area contributed by atoms with Gasteiger partial charge in [0.15, 0.2) is 0 Å². The number of carbonyl (C=O) groups excluding carboxylic acids is 1. The molecule has 0 saturated heterocycles. The van der Waals surface area contributed by atoms with E-state index >= 15 is 0 Å². The lowest BCUT2D eigenvalue weighted by Crippen LogP contribution is -2.28. The molecule has 2 aromatic rings. The third kappa shape index (κ3) is 7.05. The van der Waals surface area contributed by atoms with Gasteiger partial charge in [-0.1, -0.05) is 42.5 Å². The first-order valence-corrected chi connectivity index (χ1v) is 8.67. The molecule has 0 radical (unpaired) electrons. The molecular weight excluding hydrogens is 314 g/mol. The normalized spacial score (nSPS) is 10.8. The van der Waals surface area contributed by atoms with Gasteiger partial charge in [-0.3, -0.25) is 9.69 Å². The summed E-state index contributed by atoms with van der Waals surface area (Å²) in [5, 5.41) is 12.1. The predicted octanol–water partition coefficient (Wildman–Crippen LogP) is 2.36.